The Balaban J connectivity index is 2.83. The van der Waals surface area contributed by atoms with E-state index < -0.39 is 6.10 Å². The molecule has 0 aliphatic carbocycles. The molecule has 1 aromatic rings. The van der Waals surface area contributed by atoms with E-state index in [-0.39, 0.29) is 0 Å². The zero-order valence-electron chi connectivity index (χ0n) is 8.90. The second kappa shape index (κ2) is 5.61. The highest BCUT2D eigenvalue weighted by molar-refractivity contribution is 5.25. The van der Waals surface area contributed by atoms with Crippen LogP contribution in [-0.4, -0.2) is 5.11 Å². The van der Waals surface area contributed by atoms with Crippen LogP contribution in [0.5, 0.6) is 0 Å². The molecule has 0 saturated carbocycles. The SMILES string of the molecule is CC/C=C(\CC)[C@@H](O)c1ccccc1. The van der Waals surface area contributed by atoms with Crippen molar-refractivity contribution in [2.75, 3.05) is 0 Å². The van der Waals surface area contributed by atoms with Crippen LogP contribution in [0.1, 0.15) is 38.4 Å². The van der Waals surface area contributed by atoms with Crippen molar-refractivity contribution in [2.45, 2.75) is 32.8 Å². The van der Waals surface area contributed by atoms with Gasteiger partial charge in [-0.2, -0.15) is 0 Å². The van der Waals surface area contributed by atoms with Crippen LogP contribution in [-0.2, 0) is 0 Å². The van der Waals surface area contributed by atoms with Crippen LogP contribution in [0.4, 0.5) is 0 Å². The van der Waals surface area contributed by atoms with Gasteiger partial charge in [0.1, 0.15) is 6.10 Å². The van der Waals surface area contributed by atoms with Gasteiger partial charge in [0.2, 0.25) is 0 Å². The summed E-state index contributed by atoms with van der Waals surface area (Å²) < 4.78 is 0. The first-order valence-corrected chi connectivity index (χ1v) is 5.21. The van der Waals surface area contributed by atoms with Gasteiger partial charge in [0.15, 0.2) is 0 Å². The Bertz CT molecular complexity index is 287. The fourth-order valence-electron chi connectivity index (χ4n) is 1.56. The Kier molecular flexibility index (Phi) is 4.41. The van der Waals surface area contributed by atoms with Crippen molar-refractivity contribution < 1.29 is 5.11 Å². The molecule has 1 N–H and O–H groups in total. The van der Waals surface area contributed by atoms with Gasteiger partial charge in [0.05, 0.1) is 0 Å². The Morgan fingerprint density at radius 3 is 2.43 bits per heavy atom. The van der Waals surface area contributed by atoms with Crippen molar-refractivity contribution >= 4 is 0 Å². The molecule has 1 nitrogen and oxygen atoms in total. The number of aliphatic hydroxyl groups is 1. The first-order chi connectivity index (χ1) is 6.79. The predicted molar refractivity (Wildman–Crippen MR) is 60.1 cm³/mol. The van der Waals surface area contributed by atoms with Crippen LogP contribution < -0.4 is 0 Å². The molecule has 0 aliphatic rings. The lowest BCUT2D eigenvalue weighted by Crippen LogP contribution is -2.00. The van der Waals surface area contributed by atoms with E-state index >= 15 is 0 Å². The maximum atomic E-state index is 10.0. The summed E-state index contributed by atoms with van der Waals surface area (Å²) in [4.78, 5) is 0. The fourth-order valence-corrected chi connectivity index (χ4v) is 1.56. The Hall–Kier alpha value is -1.08. The molecule has 0 aromatic heterocycles. The topological polar surface area (TPSA) is 20.2 Å². The lowest BCUT2D eigenvalue weighted by atomic mass is 9.99. The number of hydrogen-bond donors (Lipinski definition) is 1. The largest absolute Gasteiger partial charge is 0.384 e. The van der Waals surface area contributed by atoms with E-state index in [1.54, 1.807) is 0 Å². The van der Waals surface area contributed by atoms with Gasteiger partial charge in [-0.3, -0.25) is 0 Å². The highest BCUT2D eigenvalue weighted by Gasteiger charge is 2.09. The monoisotopic (exact) mass is 190 g/mol. The van der Waals surface area contributed by atoms with Gasteiger partial charge in [0, 0.05) is 0 Å². The molecule has 0 radical (unpaired) electrons. The maximum Gasteiger partial charge on any atom is 0.100 e. The molecule has 0 fully saturated rings. The van der Waals surface area contributed by atoms with Gasteiger partial charge in [0.25, 0.3) is 0 Å². The maximum absolute atomic E-state index is 10.0. The average molecular weight is 190 g/mol. The number of rotatable bonds is 4. The minimum Gasteiger partial charge on any atom is -0.384 e. The number of benzene rings is 1. The zero-order valence-corrected chi connectivity index (χ0v) is 8.90. The summed E-state index contributed by atoms with van der Waals surface area (Å²) in [6, 6.07) is 9.80. The van der Waals surface area contributed by atoms with Crippen molar-refractivity contribution in [3.05, 3.63) is 47.5 Å². The van der Waals surface area contributed by atoms with Crippen molar-refractivity contribution in [3.63, 3.8) is 0 Å². The van der Waals surface area contributed by atoms with Gasteiger partial charge in [-0.1, -0.05) is 50.3 Å². The molecule has 0 saturated heterocycles. The molecule has 0 unspecified atom stereocenters. The summed E-state index contributed by atoms with van der Waals surface area (Å²) in [5.41, 5.74) is 2.09. The first kappa shape index (κ1) is 11.0. The number of allylic oxidation sites excluding steroid dienone is 1. The third-order valence-corrected chi connectivity index (χ3v) is 2.34. The molecular formula is C13H18O. The molecule has 0 heterocycles. The molecule has 1 rings (SSSR count). The lowest BCUT2D eigenvalue weighted by molar-refractivity contribution is 0.211. The average Bonchev–Trinajstić information content (AvgIpc) is 2.26. The highest BCUT2D eigenvalue weighted by Crippen LogP contribution is 2.23. The third-order valence-electron chi connectivity index (χ3n) is 2.34. The number of aliphatic hydroxyl groups excluding tert-OH is 1. The van der Waals surface area contributed by atoms with E-state index in [1.807, 2.05) is 30.3 Å². The summed E-state index contributed by atoms with van der Waals surface area (Å²) in [5, 5.41) is 10.0. The van der Waals surface area contributed by atoms with Crippen LogP contribution in [0.2, 0.25) is 0 Å². The van der Waals surface area contributed by atoms with Crippen LogP contribution in [0.25, 0.3) is 0 Å². The quantitative estimate of drug-likeness (QED) is 0.721. The second-order valence-corrected chi connectivity index (χ2v) is 3.35. The summed E-state index contributed by atoms with van der Waals surface area (Å²) >= 11 is 0. The Morgan fingerprint density at radius 2 is 1.93 bits per heavy atom. The van der Waals surface area contributed by atoms with Crippen LogP contribution >= 0.6 is 0 Å². The van der Waals surface area contributed by atoms with E-state index in [9.17, 15) is 5.11 Å². The normalized spacial score (nSPS) is 14.1. The first-order valence-electron chi connectivity index (χ1n) is 5.21. The van der Waals surface area contributed by atoms with E-state index in [0.717, 1.165) is 24.0 Å². The van der Waals surface area contributed by atoms with Gasteiger partial charge in [-0.15, -0.1) is 0 Å². The molecule has 1 atom stereocenters. The van der Waals surface area contributed by atoms with Crippen LogP contribution in [0.15, 0.2) is 42.0 Å². The van der Waals surface area contributed by atoms with Gasteiger partial charge >= 0.3 is 0 Å². The van der Waals surface area contributed by atoms with Crippen molar-refractivity contribution in [2.24, 2.45) is 0 Å². The molecule has 1 aromatic carbocycles. The van der Waals surface area contributed by atoms with Gasteiger partial charge in [-0.25, -0.2) is 0 Å². The smallest absolute Gasteiger partial charge is 0.100 e. The van der Waals surface area contributed by atoms with Crippen LogP contribution in [0, 0.1) is 0 Å². The standard InChI is InChI=1S/C13H18O/c1-3-8-11(4-2)13(14)12-9-6-5-7-10-12/h5-10,13-14H,3-4H2,1-2H3/b11-8+/t13-/m1/s1. The minimum absolute atomic E-state index is 0.429. The van der Waals surface area contributed by atoms with Crippen LogP contribution in [0.3, 0.4) is 0 Å². The van der Waals surface area contributed by atoms with Gasteiger partial charge in [-0.05, 0) is 24.0 Å². The third kappa shape index (κ3) is 2.71. The molecule has 0 aliphatic heterocycles. The molecule has 1 heteroatoms. The molecule has 0 amide bonds. The fraction of sp³-hybridized carbons (Fsp3) is 0.385. The molecule has 14 heavy (non-hydrogen) atoms. The van der Waals surface area contributed by atoms with Crippen molar-refractivity contribution in [3.8, 4) is 0 Å². The summed E-state index contributed by atoms with van der Waals surface area (Å²) in [7, 11) is 0. The van der Waals surface area contributed by atoms with Gasteiger partial charge < -0.3 is 5.11 Å². The molecule has 76 valence electrons. The summed E-state index contributed by atoms with van der Waals surface area (Å²) in [5.74, 6) is 0. The van der Waals surface area contributed by atoms with E-state index in [0.29, 0.717) is 0 Å². The number of hydrogen-bond acceptors (Lipinski definition) is 1. The molecule has 0 bridgehead atoms. The lowest BCUT2D eigenvalue weighted by Gasteiger charge is -2.13. The van der Waals surface area contributed by atoms with Crippen molar-refractivity contribution in [1.82, 2.24) is 0 Å². The predicted octanol–water partition coefficient (Wildman–Crippen LogP) is 3.47. The second-order valence-electron chi connectivity index (χ2n) is 3.35. The van der Waals surface area contributed by atoms with E-state index in [4.69, 9.17) is 0 Å². The summed E-state index contributed by atoms with van der Waals surface area (Å²) in [6.45, 7) is 4.17. The molecular weight excluding hydrogens is 172 g/mol. The zero-order chi connectivity index (χ0) is 10.4. The Labute approximate surface area is 86.1 Å². The minimum atomic E-state index is -0.429. The highest BCUT2D eigenvalue weighted by atomic mass is 16.3. The Morgan fingerprint density at radius 1 is 1.29 bits per heavy atom. The molecule has 0 spiro atoms. The van der Waals surface area contributed by atoms with E-state index in [1.165, 1.54) is 0 Å². The summed E-state index contributed by atoms with van der Waals surface area (Å²) in [6.07, 6.45) is 3.57. The van der Waals surface area contributed by atoms with E-state index in [2.05, 4.69) is 19.9 Å². The van der Waals surface area contributed by atoms with Crippen molar-refractivity contribution in [1.29, 1.82) is 0 Å².